The lowest BCUT2D eigenvalue weighted by molar-refractivity contribution is 0.106. The Kier molecular flexibility index (Phi) is 7.24. The van der Waals surface area contributed by atoms with Crippen molar-refractivity contribution in [3.8, 4) is 23.0 Å². The second kappa shape index (κ2) is 11.0. The number of pyridine rings is 1. The Balaban J connectivity index is 1.38. The number of hydrogen-bond donors (Lipinski definition) is 2. The number of fused-ring (bicyclic) bond motifs is 3. The topological polar surface area (TPSA) is 94.8 Å². The van der Waals surface area contributed by atoms with Crippen molar-refractivity contribution in [2.75, 3.05) is 37.7 Å². The molecule has 2 N–H and O–H groups in total. The maximum Gasteiger partial charge on any atom is 0.319 e. The third kappa shape index (κ3) is 4.88. The summed E-state index contributed by atoms with van der Waals surface area (Å²) in [6, 6.07) is 5.48. The first kappa shape index (κ1) is 29.0. The number of ether oxygens (including phenoxy) is 1. The third-order valence-corrected chi connectivity index (χ3v) is 9.31. The molecule has 0 bridgehead atoms. The van der Waals surface area contributed by atoms with Crippen molar-refractivity contribution in [3.63, 3.8) is 0 Å². The summed E-state index contributed by atoms with van der Waals surface area (Å²) < 4.78 is 66.6. The normalized spacial score (nSPS) is 25.7. The smallest absolute Gasteiger partial charge is 0.319 e. The number of alkyl halides is 2. The maximum atomic E-state index is 16.7. The van der Waals surface area contributed by atoms with Gasteiger partial charge in [0.25, 0.3) is 0 Å². The van der Waals surface area contributed by atoms with Crippen LogP contribution in [0.1, 0.15) is 38.2 Å². The zero-order chi connectivity index (χ0) is 30.7. The van der Waals surface area contributed by atoms with Crippen molar-refractivity contribution in [2.24, 2.45) is 0 Å². The highest BCUT2D eigenvalue weighted by atomic mass is 19.1. The molecule has 44 heavy (non-hydrogen) atoms. The quantitative estimate of drug-likeness (QED) is 0.286. The van der Waals surface area contributed by atoms with E-state index in [2.05, 4.69) is 19.9 Å². The molecule has 232 valence electrons. The number of nitrogens with zero attached hydrogens (tertiary/aromatic N) is 5. The molecule has 12 heteroatoms. The molecule has 8 nitrogen and oxygen atoms in total. The highest BCUT2D eigenvalue weighted by Crippen LogP contribution is 2.42. The number of aryl methyl sites for hydroxylation is 1. The van der Waals surface area contributed by atoms with E-state index in [-0.39, 0.29) is 65.9 Å². The van der Waals surface area contributed by atoms with E-state index in [1.165, 1.54) is 35.4 Å². The molecule has 0 radical (unpaired) electrons. The van der Waals surface area contributed by atoms with E-state index in [0.717, 1.165) is 19.4 Å². The molecule has 4 atom stereocenters. The minimum atomic E-state index is -1.34. The summed E-state index contributed by atoms with van der Waals surface area (Å²) in [4.78, 5) is 17.0. The van der Waals surface area contributed by atoms with Crippen LogP contribution in [0.15, 0.2) is 30.5 Å². The molecule has 5 heterocycles. The number of aromatic hydroxyl groups is 1. The van der Waals surface area contributed by atoms with Crippen molar-refractivity contribution in [1.82, 2.24) is 19.9 Å². The lowest BCUT2D eigenvalue weighted by atomic mass is 9.94. The van der Waals surface area contributed by atoms with Gasteiger partial charge in [-0.2, -0.15) is 9.97 Å². The molecule has 0 amide bonds. The van der Waals surface area contributed by atoms with Crippen molar-refractivity contribution in [2.45, 2.75) is 63.0 Å². The van der Waals surface area contributed by atoms with Crippen molar-refractivity contribution in [1.29, 1.82) is 0 Å². The zero-order valence-electron chi connectivity index (χ0n) is 24.2. The van der Waals surface area contributed by atoms with Crippen LogP contribution in [0.4, 0.5) is 23.4 Å². The number of aliphatic hydroxyl groups is 1. The van der Waals surface area contributed by atoms with E-state index < -0.39 is 35.6 Å². The van der Waals surface area contributed by atoms with Crippen LogP contribution < -0.4 is 9.64 Å². The second-order valence-corrected chi connectivity index (χ2v) is 12.2. The number of aromatic nitrogens is 3. The van der Waals surface area contributed by atoms with Crippen LogP contribution in [-0.4, -0.2) is 86.8 Å². The summed E-state index contributed by atoms with van der Waals surface area (Å²) in [5.41, 5.74) is -0.284. The van der Waals surface area contributed by atoms with Gasteiger partial charge < -0.3 is 19.8 Å². The molecule has 2 aromatic carbocycles. The summed E-state index contributed by atoms with van der Waals surface area (Å²) >= 11 is 0. The number of phenols is 1. The average Bonchev–Trinajstić information content (AvgIpc) is 3.51. The predicted octanol–water partition coefficient (Wildman–Crippen LogP) is 5.26. The Labute approximate surface area is 251 Å². The fourth-order valence-corrected chi connectivity index (χ4v) is 7.38. The van der Waals surface area contributed by atoms with Crippen molar-refractivity contribution < 1.29 is 32.5 Å². The largest absolute Gasteiger partial charge is 0.508 e. The van der Waals surface area contributed by atoms with Gasteiger partial charge in [-0.3, -0.25) is 9.88 Å². The minimum absolute atomic E-state index is 0.0245. The van der Waals surface area contributed by atoms with Gasteiger partial charge in [0.2, 0.25) is 0 Å². The first-order valence-electron chi connectivity index (χ1n) is 15.1. The molecule has 0 saturated carbocycles. The lowest BCUT2D eigenvalue weighted by Crippen LogP contribution is -2.45. The SMILES string of the molecule is CCc1c(F)ccc2cc(O)cc(-c3ncc4c(N5C[C@@H](O)C[C@H](F)C5)nc(OC[C@@]56CCCN5C[C@H](F)C6)nc4c3F)c12. The van der Waals surface area contributed by atoms with Gasteiger partial charge in [0.05, 0.1) is 23.6 Å². The Hall–Kier alpha value is -3.77. The van der Waals surface area contributed by atoms with E-state index in [9.17, 15) is 23.4 Å². The number of hydrogen-bond acceptors (Lipinski definition) is 8. The number of phenolic OH excluding ortho intramolecular Hbond substituents is 1. The Morgan fingerprint density at radius 3 is 2.73 bits per heavy atom. The maximum absolute atomic E-state index is 16.7. The fourth-order valence-electron chi connectivity index (χ4n) is 7.38. The number of benzene rings is 2. The monoisotopic (exact) mass is 611 g/mol. The van der Waals surface area contributed by atoms with E-state index in [1.807, 2.05) is 0 Å². The Morgan fingerprint density at radius 2 is 1.93 bits per heavy atom. The number of piperidine rings is 1. The van der Waals surface area contributed by atoms with Crippen LogP contribution in [0.5, 0.6) is 11.8 Å². The molecule has 7 rings (SSSR count). The van der Waals surface area contributed by atoms with Crippen LogP contribution in [0.25, 0.3) is 32.9 Å². The lowest BCUT2D eigenvalue weighted by Gasteiger charge is -2.34. The molecule has 4 aromatic rings. The fraction of sp³-hybridized carbons (Fsp3) is 0.469. The van der Waals surface area contributed by atoms with Crippen molar-refractivity contribution >= 4 is 27.5 Å². The second-order valence-electron chi connectivity index (χ2n) is 12.2. The summed E-state index contributed by atoms with van der Waals surface area (Å²) in [6.45, 7) is 2.96. The molecule has 0 unspecified atom stereocenters. The first-order valence-corrected chi connectivity index (χ1v) is 15.1. The van der Waals surface area contributed by atoms with Gasteiger partial charge in [0.1, 0.15) is 47.5 Å². The molecule has 0 spiro atoms. The molecule has 3 saturated heterocycles. The molecule has 3 aliphatic rings. The minimum Gasteiger partial charge on any atom is -0.508 e. The van der Waals surface area contributed by atoms with Crippen LogP contribution in [0.3, 0.4) is 0 Å². The van der Waals surface area contributed by atoms with Crippen LogP contribution >= 0.6 is 0 Å². The zero-order valence-corrected chi connectivity index (χ0v) is 24.2. The standard InChI is InChI=1S/C32H33F4N5O3/c1-2-22-25(35)5-4-17-8-20(42)10-23(26(17)22)28-27(36)29-24(12-37-28)30(40-13-18(33)9-21(43)15-40)39-31(38-29)44-16-32-6-3-7-41(32)14-19(34)11-32/h4-5,8,10,12,18-19,21,42-43H,2-3,6-7,9,11,13-16H2,1H3/t18-,19+,21-,32-/m0/s1. The first-order chi connectivity index (χ1) is 21.2. The summed E-state index contributed by atoms with van der Waals surface area (Å²) in [7, 11) is 0. The molecular weight excluding hydrogens is 578 g/mol. The van der Waals surface area contributed by atoms with E-state index in [0.29, 0.717) is 35.7 Å². The molecular formula is C32H33F4N5O3. The number of β-amino-alcohol motifs (C(OH)–C–C–N with tert-alkyl or cyclic N) is 1. The Bertz CT molecular complexity index is 1750. The van der Waals surface area contributed by atoms with Crippen molar-refractivity contribution in [3.05, 3.63) is 47.7 Å². The Morgan fingerprint density at radius 1 is 1.09 bits per heavy atom. The van der Waals surface area contributed by atoms with Gasteiger partial charge in [-0.25, -0.2) is 17.6 Å². The van der Waals surface area contributed by atoms with Gasteiger partial charge in [0.15, 0.2) is 5.82 Å². The summed E-state index contributed by atoms with van der Waals surface area (Å²) in [6.07, 6.45) is 0.371. The highest BCUT2D eigenvalue weighted by molar-refractivity contribution is 6.01. The predicted molar refractivity (Wildman–Crippen MR) is 158 cm³/mol. The van der Waals surface area contributed by atoms with E-state index >= 15 is 4.39 Å². The number of rotatable bonds is 6. The van der Waals surface area contributed by atoms with E-state index in [4.69, 9.17) is 4.74 Å². The molecule has 3 aliphatic heterocycles. The summed E-state index contributed by atoms with van der Waals surface area (Å²) in [5.74, 6) is -1.30. The summed E-state index contributed by atoms with van der Waals surface area (Å²) in [5, 5.41) is 21.9. The van der Waals surface area contributed by atoms with Gasteiger partial charge >= 0.3 is 6.01 Å². The van der Waals surface area contributed by atoms with Crippen LogP contribution in [0, 0.1) is 11.6 Å². The van der Waals surface area contributed by atoms with Gasteiger partial charge in [0, 0.05) is 37.7 Å². The van der Waals surface area contributed by atoms with Gasteiger partial charge in [-0.1, -0.05) is 13.0 Å². The van der Waals surface area contributed by atoms with Crippen LogP contribution in [0.2, 0.25) is 0 Å². The molecule has 2 aromatic heterocycles. The van der Waals surface area contributed by atoms with E-state index in [1.54, 1.807) is 6.92 Å². The number of aliphatic hydroxyl groups excluding tert-OH is 1. The number of halogens is 4. The highest BCUT2D eigenvalue weighted by Gasteiger charge is 2.49. The molecule has 0 aliphatic carbocycles. The van der Waals surface area contributed by atoms with Gasteiger partial charge in [-0.05, 0) is 60.3 Å². The molecule has 3 fully saturated rings. The van der Waals surface area contributed by atoms with Crippen LogP contribution in [-0.2, 0) is 6.42 Å². The average molecular weight is 612 g/mol. The van der Waals surface area contributed by atoms with Gasteiger partial charge in [-0.15, -0.1) is 0 Å². The third-order valence-electron chi connectivity index (χ3n) is 9.31. The number of anilines is 1.